The highest BCUT2D eigenvalue weighted by Gasteiger charge is 2.37. The predicted molar refractivity (Wildman–Crippen MR) is 97.2 cm³/mol. The van der Waals surface area contributed by atoms with Gasteiger partial charge < -0.3 is 10.1 Å². The summed E-state index contributed by atoms with van der Waals surface area (Å²) >= 11 is 0. The summed E-state index contributed by atoms with van der Waals surface area (Å²) in [6, 6.07) is 14.0. The molecule has 0 radical (unpaired) electrons. The monoisotopic (exact) mass is 339 g/mol. The van der Waals surface area contributed by atoms with Crippen molar-refractivity contribution in [3.63, 3.8) is 0 Å². The molecule has 1 fully saturated rings. The molecule has 2 aromatic rings. The number of carbonyl (C=O) groups excluding carboxylic acids is 1. The van der Waals surface area contributed by atoms with Crippen LogP contribution in [0.4, 0.5) is 0 Å². The molecule has 1 aliphatic rings. The van der Waals surface area contributed by atoms with Gasteiger partial charge in [-0.1, -0.05) is 18.2 Å². The van der Waals surface area contributed by atoms with Gasteiger partial charge in [0.05, 0.1) is 18.3 Å². The predicted octanol–water partition coefficient (Wildman–Crippen LogP) is 2.72. The number of methoxy groups -OCH3 is 1. The van der Waals surface area contributed by atoms with Crippen LogP contribution in [0.15, 0.2) is 48.7 Å². The van der Waals surface area contributed by atoms with Crippen LogP contribution < -0.4 is 10.1 Å². The van der Waals surface area contributed by atoms with Gasteiger partial charge >= 0.3 is 0 Å². The molecule has 0 aliphatic carbocycles. The van der Waals surface area contributed by atoms with Gasteiger partial charge in [0.25, 0.3) is 0 Å². The molecule has 0 bridgehead atoms. The Kier molecular flexibility index (Phi) is 5.34. The van der Waals surface area contributed by atoms with Crippen molar-refractivity contribution in [1.82, 2.24) is 15.2 Å². The molecule has 0 atom stereocenters. The number of benzene rings is 1. The van der Waals surface area contributed by atoms with Crippen molar-refractivity contribution in [2.45, 2.75) is 31.8 Å². The number of hydrogen-bond acceptors (Lipinski definition) is 4. The van der Waals surface area contributed by atoms with Crippen molar-refractivity contribution in [2.24, 2.45) is 0 Å². The highest BCUT2D eigenvalue weighted by atomic mass is 16.5. The number of aromatic nitrogens is 1. The molecule has 1 amide bonds. The van der Waals surface area contributed by atoms with E-state index in [2.05, 4.69) is 33.4 Å². The minimum Gasteiger partial charge on any atom is -0.497 e. The fourth-order valence-corrected chi connectivity index (χ4v) is 3.55. The van der Waals surface area contributed by atoms with Crippen LogP contribution in [0.5, 0.6) is 5.75 Å². The molecule has 5 nitrogen and oxygen atoms in total. The lowest BCUT2D eigenvalue weighted by atomic mass is 9.80. The van der Waals surface area contributed by atoms with Gasteiger partial charge in [-0.2, -0.15) is 0 Å². The first-order chi connectivity index (χ1) is 12.1. The first kappa shape index (κ1) is 17.4. The summed E-state index contributed by atoms with van der Waals surface area (Å²) < 4.78 is 5.25. The van der Waals surface area contributed by atoms with Gasteiger partial charge in [-0.05, 0) is 42.7 Å². The largest absolute Gasteiger partial charge is 0.497 e. The number of amides is 1. The summed E-state index contributed by atoms with van der Waals surface area (Å²) in [6.07, 6.45) is 3.59. The molecule has 1 aromatic heterocycles. The molecule has 1 aliphatic heterocycles. The number of carbonyl (C=O) groups is 1. The summed E-state index contributed by atoms with van der Waals surface area (Å²) in [4.78, 5) is 18.6. The van der Waals surface area contributed by atoms with Crippen molar-refractivity contribution in [2.75, 3.05) is 20.2 Å². The lowest BCUT2D eigenvalue weighted by Gasteiger charge is -2.42. The molecule has 1 N–H and O–H groups in total. The maximum Gasteiger partial charge on any atom is 0.217 e. The van der Waals surface area contributed by atoms with Crippen LogP contribution >= 0.6 is 0 Å². The van der Waals surface area contributed by atoms with Gasteiger partial charge in [-0.15, -0.1) is 0 Å². The van der Waals surface area contributed by atoms with Gasteiger partial charge in [-0.3, -0.25) is 14.7 Å². The summed E-state index contributed by atoms with van der Waals surface area (Å²) in [5, 5.41) is 3.21. The minimum absolute atomic E-state index is 0.00833. The second kappa shape index (κ2) is 7.66. The zero-order valence-electron chi connectivity index (χ0n) is 14.9. The molecule has 0 spiro atoms. The number of hydrogen-bond donors (Lipinski definition) is 1. The summed E-state index contributed by atoms with van der Waals surface area (Å²) in [5.74, 6) is 0.836. The third-order valence-corrected chi connectivity index (χ3v) is 4.88. The Morgan fingerprint density at radius 3 is 2.48 bits per heavy atom. The van der Waals surface area contributed by atoms with E-state index in [0.29, 0.717) is 0 Å². The molecule has 132 valence electrons. The summed E-state index contributed by atoms with van der Waals surface area (Å²) in [5.41, 5.74) is 1.92. The van der Waals surface area contributed by atoms with Gasteiger partial charge in [0, 0.05) is 32.8 Å². The van der Waals surface area contributed by atoms with E-state index in [4.69, 9.17) is 4.74 Å². The highest BCUT2D eigenvalue weighted by Crippen LogP contribution is 2.34. The number of nitrogens with one attached hydrogen (secondary N) is 1. The van der Waals surface area contributed by atoms with E-state index in [0.717, 1.165) is 49.5 Å². The van der Waals surface area contributed by atoms with Crippen molar-refractivity contribution in [3.05, 3.63) is 59.9 Å². The smallest absolute Gasteiger partial charge is 0.217 e. The van der Waals surface area contributed by atoms with Crippen molar-refractivity contribution >= 4 is 5.91 Å². The molecule has 0 saturated carbocycles. The van der Waals surface area contributed by atoms with Crippen molar-refractivity contribution in [1.29, 1.82) is 0 Å². The van der Waals surface area contributed by atoms with E-state index >= 15 is 0 Å². The Morgan fingerprint density at radius 1 is 1.20 bits per heavy atom. The summed E-state index contributed by atoms with van der Waals surface area (Å²) in [6.45, 7) is 4.27. The standard InChI is InChI=1S/C20H25N3O2/c1-16(24)22-20(17-6-8-19(25-2)9-7-17)10-13-23(14-11-20)15-18-5-3-4-12-21-18/h3-9,12H,10-11,13-15H2,1-2H3,(H,22,24). The van der Waals surface area contributed by atoms with E-state index in [1.807, 2.05) is 30.5 Å². The van der Waals surface area contributed by atoms with E-state index < -0.39 is 0 Å². The molecule has 25 heavy (non-hydrogen) atoms. The maximum atomic E-state index is 11.8. The topological polar surface area (TPSA) is 54.5 Å². The Bertz CT molecular complexity index is 693. The molecule has 1 saturated heterocycles. The number of piperidine rings is 1. The van der Waals surface area contributed by atoms with E-state index in [9.17, 15) is 4.79 Å². The van der Waals surface area contributed by atoms with Crippen LogP contribution in [0.1, 0.15) is 31.0 Å². The second-order valence-electron chi connectivity index (χ2n) is 6.59. The van der Waals surface area contributed by atoms with Crippen LogP contribution in [0.3, 0.4) is 0 Å². The van der Waals surface area contributed by atoms with E-state index in [-0.39, 0.29) is 11.4 Å². The van der Waals surface area contributed by atoms with E-state index in [1.54, 1.807) is 14.0 Å². The van der Waals surface area contributed by atoms with E-state index in [1.165, 1.54) is 0 Å². The lowest BCUT2D eigenvalue weighted by molar-refractivity contribution is -0.121. The van der Waals surface area contributed by atoms with Crippen molar-refractivity contribution < 1.29 is 9.53 Å². The molecule has 2 heterocycles. The van der Waals surface area contributed by atoms with Crippen LogP contribution in [0, 0.1) is 0 Å². The molecule has 3 rings (SSSR count). The maximum absolute atomic E-state index is 11.8. The first-order valence-corrected chi connectivity index (χ1v) is 8.67. The van der Waals surface area contributed by atoms with Crippen molar-refractivity contribution in [3.8, 4) is 5.75 Å². The fourth-order valence-electron chi connectivity index (χ4n) is 3.55. The second-order valence-corrected chi connectivity index (χ2v) is 6.59. The van der Waals surface area contributed by atoms with Crippen LogP contribution in [-0.2, 0) is 16.9 Å². The third-order valence-electron chi connectivity index (χ3n) is 4.88. The average molecular weight is 339 g/mol. The molecule has 5 heteroatoms. The Hall–Kier alpha value is -2.40. The number of ether oxygens (including phenoxy) is 1. The highest BCUT2D eigenvalue weighted by molar-refractivity contribution is 5.74. The van der Waals surface area contributed by atoms with Crippen LogP contribution in [-0.4, -0.2) is 36.0 Å². The molecular weight excluding hydrogens is 314 g/mol. The SMILES string of the molecule is COc1ccc(C2(NC(C)=O)CCN(Cc3ccccn3)CC2)cc1. The third kappa shape index (κ3) is 4.17. The normalized spacial score (nSPS) is 17.0. The fraction of sp³-hybridized carbons (Fsp3) is 0.400. The number of likely N-dealkylation sites (tertiary alicyclic amines) is 1. The van der Waals surface area contributed by atoms with Gasteiger partial charge in [0.1, 0.15) is 5.75 Å². The quantitative estimate of drug-likeness (QED) is 0.910. The minimum atomic E-state index is -0.307. The molecule has 1 aromatic carbocycles. The van der Waals surface area contributed by atoms with Crippen LogP contribution in [0.2, 0.25) is 0 Å². The van der Waals surface area contributed by atoms with Gasteiger partial charge in [-0.25, -0.2) is 0 Å². The Morgan fingerprint density at radius 2 is 1.92 bits per heavy atom. The van der Waals surface area contributed by atoms with Gasteiger partial charge in [0.15, 0.2) is 0 Å². The van der Waals surface area contributed by atoms with Gasteiger partial charge in [0.2, 0.25) is 5.91 Å². The average Bonchev–Trinajstić information content (AvgIpc) is 2.64. The Balaban J connectivity index is 1.73. The molecular formula is C20H25N3O2. The number of nitrogens with zero attached hydrogens (tertiary/aromatic N) is 2. The zero-order chi connectivity index (χ0) is 17.7. The number of rotatable bonds is 5. The Labute approximate surface area is 149 Å². The number of pyridine rings is 1. The zero-order valence-corrected chi connectivity index (χ0v) is 14.9. The first-order valence-electron chi connectivity index (χ1n) is 8.67. The summed E-state index contributed by atoms with van der Waals surface area (Å²) in [7, 11) is 1.66. The van der Waals surface area contributed by atoms with Crippen LogP contribution in [0.25, 0.3) is 0 Å². The molecule has 0 unspecified atom stereocenters. The lowest BCUT2D eigenvalue weighted by Crippen LogP contribution is -2.52.